The molecule has 0 fully saturated rings. The van der Waals surface area contributed by atoms with E-state index in [4.69, 9.17) is 11.6 Å². The van der Waals surface area contributed by atoms with Crippen molar-refractivity contribution in [3.63, 3.8) is 0 Å². The Balaban J connectivity index is 2.31. The first-order chi connectivity index (χ1) is 10.1. The molecule has 0 spiro atoms. The third-order valence-corrected chi connectivity index (χ3v) is 3.58. The number of halogens is 3. The van der Waals surface area contributed by atoms with Gasteiger partial charge in [0.25, 0.3) is 0 Å². The molecule has 0 aliphatic carbocycles. The molecule has 0 aliphatic heterocycles. The molecular formula is C16H17ClF2N2. The Bertz CT molecular complexity index is 584. The highest BCUT2D eigenvalue weighted by molar-refractivity contribution is 6.31. The normalized spacial score (nSPS) is 12.4. The molecule has 112 valence electrons. The lowest BCUT2D eigenvalue weighted by molar-refractivity contribution is 0.474. The number of benzene rings is 1. The van der Waals surface area contributed by atoms with E-state index in [0.29, 0.717) is 17.1 Å². The lowest BCUT2D eigenvalue weighted by atomic mass is 10.0. The average Bonchev–Trinajstić information content (AvgIpc) is 2.47. The Kier molecular flexibility index (Phi) is 5.65. The minimum absolute atomic E-state index is 0.249. The molecule has 0 saturated carbocycles. The average molecular weight is 311 g/mol. The van der Waals surface area contributed by atoms with Crippen LogP contribution >= 0.6 is 11.6 Å². The van der Waals surface area contributed by atoms with Crippen molar-refractivity contribution in [2.45, 2.75) is 25.8 Å². The number of hydrogen-bond donors (Lipinski definition) is 1. The van der Waals surface area contributed by atoms with Crippen LogP contribution < -0.4 is 5.32 Å². The molecule has 0 radical (unpaired) electrons. The van der Waals surface area contributed by atoms with Crippen molar-refractivity contribution < 1.29 is 8.78 Å². The maximum absolute atomic E-state index is 13.9. The van der Waals surface area contributed by atoms with Gasteiger partial charge in [-0.15, -0.1) is 0 Å². The second-order valence-corrected chi connectivity index (χ2v) is 5.19. The SMILES string of the molecule is CCCNC(Cc1c(F)cccc1Cl)c1ncccc1F. The fourth-order valence-electron chi connectivity index (χ4n) is 2.17. The molecule has 1 N–H and O–H groups in total. The molecule has 1 atom stereocenters. The van der Waals surface area contributed by atoms with Crippen molar-refractivity contribution in [3.8, 4) is 0 Å². The highest BCUT2D eigenvalue weighted by Gasteiger charge is 2.20. The summed E-state index contributed by atoms with van der Waals surface area (Å²) >= 11 is 6.05. The van der Waals surface area contributed by atoms with Crippen LogP contribution in [-0.2, 0) is 6.42 Å². The molecule has 0 amide bonds. The van der Waals surface area contributed by atoms with Gasteiger partial charge in [-0.05, 0) is 43.7 Å². The Morgan fingerprint density at radius 2 is 1.95 bits per heavy atom. The molecule has 1 unspecified atom stereocenters. The monoisotopic (exact) mass is 310 g/mol. The summed E-state index contributed by atoms with van der Waals surface area (Å²) in [6.45, 7) is 2.70. The Morgan fingerprint density at radius 3 is 2.62 bits per heavy atom. The summed E-state index contributed by atoms with van der Waals surface area (Å²) in [6.07, 6.45) is 2.66. The van der Waals surface area contributed by atoms with Crippen LogP contribution in [0.3, 0.4) is 0 Å². The zero-order chi connectivity index (χ0) is 15.2. The molecule has 0 saturated heterocycles. The Morgan fingerprint density at radius 1 is 1.19 bits per heavy atom. The highest BCUT2D eigenvalue weighted by Crippen LogP contribution is 2.26. The lowest BCUT2D eigenvalue weighted by Gasteiger charge is -2.19. The van der Waals surface area contributed by atoms with Crippen LogP contribution in [0, 0.1) is 11.6 Å². The van der Waals surface area contributed by atoms with E-state index in [1.165, 1.54) is 24.4 Å². The van der Waals surface area contributed by atoms with E-state index in [9.17, 15) is 8.78 Å². The van der Waals surface area contributed by atoms with Gasteiger partial charge in [0.15, 0.2) is 0 Å². The van der Waals surface area contributed by atoms with Gasteiger partial charge < -0.3 is 5.32 Å². The molecule has 21 heavy (non-hydrogen) atoms. The number of nitrogens with one attached hydrogen (secondary N) is 1. The van der Waals surface area contributed by atoms with E-state index in [1.54, 1.807) is 12.1 Å². The van der Waals surface area contributed by atoms with Crippen molar-refractivity contribution in [3.05, 3.63) is 64.4 Å². The van der Waals surface area contributed by atoms with E-state index in [1.807, 2.05) is 6.92 Å². The van der Waals surface area contributed by atoms with Crippen molar-refractivity contribution in [2.75, 3.05) is 6.54 Å². The number of nitrogens with zero attached hydrogens (tertiary/aromatic N) is 1. The van der Waals surface area contributed by atoms with Gasteiger partial charge >= 0.3 is 0 Å². The summed E-state index contributed by atoms with van der Waals surface area (Å²) in [6, 6.07) is 7.01. The van der Waals surface area contributed by atoms with E-state index in [2.05, 4.69) is 10.3 Å². The zero-order valence-corrected chi connectivity index (χ0v) is 12.5. The van der Waals surface area contributed by atoms with Crippen molar-refractivity contribution in [2.24, 2.45) is 0 Å². The second kappa shape index (κ2) is 7.48. The quantitative estimate of drug-likeness (QED) is 0.860. The topological polar surface area (TPSA) is 24.9 Å². The smallest absolute Gasteiger partial charge is 0.146 e. The number of rotatable bonds is 6. The van der Waals surface area contributed by atoms with Crippen molar-refractivity contribution in [1.82, 2.24) is 10.3 Å². The maximum Gasteiger partial charge on any atom is 0.146 e. The van der Waals surface area contributed by atoms with Gasteiger partial charge in [-0.25, -0.2) is 8.78 Å². The van der Waals surface area contributed by atoms with E-state index in [-0.39, 0.29) is 17.9 Å². The zero-order valence-electron chi connectivity index (χ0n) is 11.7. The fraction of sp³-hybridized carbons (Fsp3) is 0.312. The Hall–Kier alpha value is -1.52. The third kappa shape index (κ3) is 3.99. The van der Waals surface area contributed by atoms with Gasteiger partial charge in [-0.3, -0.25) is 4.98 Å². The highest BCUT2D eigenvalue weighted by atomic mass is 35.5. The predicted molar refractivity (Wildman–Crippen MR) is 80.3 cm³/mol. The van der Waals surface area contributed by atoms with E-state index in [0.717, 1.165) is 6.42 Å². The minimum Gasteiger partial charge on any atom is -0.308 e. The van der Waals surface area contributed by atoms with Crippen LogP contribution in [0.15, 0.2) is 36.5 Å². The largest absolute Gasteiger partial charge is 0.308 e. The minimum atomic E-state index is -0.416. The van der Waals surface area contributed by atoms with Crippen LogP contribution in [0.5, 0.6) is 0 Å². The summed E-state index contributed by atoms with van der Waals surface area (Å²) in [5, 5.41) is 3.54. The summed E-state index contributed by atoms with van der Waals surface area (Å²) in [5.41, 5.74) is 0.656. The molecule has 0 aliphatic rings. The molecule has 1 aromatic heterocycles. The molecule has 1 heterocycles. The Labute approximate surface area is 128 Å². The standard InChI is InChI=1S/C16H17ClF2N2/c1-2-8-20-15(16-14(19)7-4-9-21-16)10-11-12(17)5-3-6-13(11)18/h3-7,9,15,20H,2,8,10H2,1H3. The molecular weight excluding hydrogens is 294 g/mol. The van der Waals surface area contributed by atoms with Gasteiger partial charge in [0, 0.05) is 16.8 Å². The molecule has 5 heteroatoms. The van der Waals surface area contributed by atoms with E-state index >= 15 is 0 Å². The number of aromatic nitrogens is 1. The molecule has 1 aromatic carbocycles. The van der Waals surface area contributed by atoms with Crippen LogP contribution in [0.4, 0.5) is 8.78 Å². The lowest BCUT2D eigenvalue weighted by Crippen LogP contribution is -2.26. The third-order valence-electron chi connectivity index (χ3n) is 3.23. The van der Waals surface area contributed by atoms with Gasteiger partial charge in [0.1, 0.15) is 11.6 Å². The fourth-order valence-corrected chi connectivity index (χ4v) is 2.41. The molecule has 2 aromatic rings. The van der Waals surface area contributed by atoms with Crippen LogP contribution in [0.25, 0.3) is 0 Å². The van der Waals surface area contributed by atoms with Crippen molar-refractivity contribution >= 4 is 11.6 Å². The van der Waals surface area contributed by atoms with Gasteiger partial charge in [-0.1, -0.05) is 24.6 Å². The number of hydrogen-bond acceptors (Lipinski definition) is 2. The number of pyridine rings is 1. The second-order valence-electron chi connectivity index (χ2n) is 4.78. The predicted octanol–water partition coefficient (Wildman–Crippen LogP) is 4.30. The van der Waals surface area contributed by atoms with Crippen LogP contribution in [-0.4, -0.2) is 11.5 Å². The summed E-state index contributed by atoms with van der Waals surface area (Å²) in [5.74, 6) is -0.791. The molecule has 2 rings (SSSR count). The summed E-state index contributed by atoms with van der Waals surface area (Å²) in [4.78, 5) is 4.08. The van der Waals surface area contributed by atoms with Gasteiger partial charge in [0.05, 0.1) is 11.7 Å². The molecule has 2 nitrogen and oxygen atoms in total. The van der Waals surface area contributed by atoms with E-state index < -0.39 is 11.9 Å². The van der Waals surface area contributed by atoms with Gasteiger partial charge in [-0.2, -0.15) is 0 Å². The maximum atomic E-state index is 13.9. The summed E-state index contributed by atoms with van der Waals surface area (Å²) < 4.78 is 27.9. The van der Waals surface area contributed by atoms with Gasteiger partial charge in [0.2, 0.25) is 0 Å². The van der Waals surface area contributed by atoms with Crippen molar-refractivity contribution in [1.29, 1.82) is 0 Å². The first-order valence-electron chi connectivity index (χ1n) is 6.90. The first kappa shape index (κ1) is 15.9. The first-order valence-corrected chi connectivity index (χ1v) is 7.28. The van der Waals surface area contributed by atoms with Crippen LogP contribution in [0.2, 0.25) is 5.02 Å². The summed E-state index contributed by atoms with van der Waals surface area (Å²) in [7, 11) is 0. The van der Waals surface area contributed by atoms with Crippen LogP contribution in [0.1, 0.15) is 30.6 Å². The molecule has 0 bridgehead atoms.